The Morgan fingerprint density at radius 1 is 1.16 bits per heavy atom. The van der Waals surface area contributed by atoms with Gasteiger partial charge in [-0.3, -0.25) is 4.79 Å². The predicted molar refractivity (Wildman–Crippen MR) is 97.2 cm³/mol. The summed E-state index contributed by atoms with van der Waals surface area (Å²) in [5, 5.41) is 0. The fourth-order valence-corrected chi connectivity index (χ4v) is 3.97. The topological polar surface area (TPSA) is 34.5 Å². The number of nitrogens with zero attached hydrogens (tertiary/aromatic N) is 2. The second kappa shape index (κ2) is 6.68. The molecule has 2 fully saturated rings. The molecular formula is C21H26N2O2. The lowest BCUT2D eigenvalue weighted by molar-refractivity contribution is -0.142. The second-order valence-electron chi connectivity index (χ2n) is 7.34. The van der Waals surface area contributed by atoms with Crippen molar-refractivity contribution in [2.24, 2.45) is 7.05 Å². The SMILES string of the molecule is Cn1cccc1CN(C(=O)C1(c2ccccc2)CCOCC1)C1CC1. The van der Waals surface area contributed by atoms with Crippen molar-refractivity contribution in [3.8, 4) is 0 Å². The third kappa shape index (κ3) is 3.11. The van der Waals surface area contributed by atoms with Gasteiger partial charge in [0.2, 0.25) is 5.91 Å². The Hall–Kier alpha value is -2.07. The lowest BCUT2D eigenvalue weighted by atomic mass is 9.73. The van der Waals surface area contributed by atoms with Gasteiger partial charge in [-0.25, -0.2) is 0 Å². The predicted octanol–water partition coefficient (Wildman–Crippen LogP) is 3.26. The van der Waals surface area contributed by atoms with E-state index in [9.17, 15) is 4.79 Å². The first-order chi connectivity index (χ1) is 12.2. The minimum Gasteiger partial charge on any atom is -0.381 e. The van der Waals surface area contributed by atoms with Crippen molar-refractivity contribution in [2.75, 3.05) is 13.2 Å². The van der Waals surface area contributed by atoms with Gasteiger partial charge >= 0.3 is 0 Å². The summed E-state index contributed by atoms with van der Waals surface area (Å²) >= 11 is 0. The first-order valence-electron chi connectivity index (χ1n) is 9.25. The van der Waals surface area contributed by atoms with Crippen LogP contribution in [0.25, 0.3) is 0 Å². The van der Waals surface area contributed by atoms with Crippen LogP contribution in [0.1, 0.15) is 36.9 Å². The van der Waals surface area contributed by atoms with Crippen LogP contribution in [0, 0.1) is 0 Å². The number of carbonyl (C=O) groups is 1. The van der Waals surface area contributed by atoms with E-state index in [1.165, 1.54) is 5.69 Å². The Labute approximate surface area is 149 Å². The Bertz CT molecular complexity index is 727. The molecule has 4 nitrogen and oxygen atoms in total. The van der Waals surface area contributed by atoms with Crippen molar-refractivity contribution < 1.29 is 9.53 Å². The van der Waals surface area contributed by atoms with E-state index >= 15 is 0 Å². The molecule has 0 bridgehead atoms. The Morgan fingerprint density at radius 2 is 1.88 bits per heavy atom. The molecule has 0 unspecified atom stereocenters. The van der Waals surface area contributed by atoms with Gasteiger partial charge in [-0.05, 0) is 43.4 Å². The maximum atomic E-state index is 13.8. The van der Waals surface area contributed by atoms with E-state index < -0.39 is 5.41 Å². The number of aromatic nitrogens is 1. The summed E-state index contributed by atoms with van der Waals surface area (Å²) in [7, 11) is 2.05. The van der Waals surface area contributed by atoms with Crippen LogP contribution in [0.15, 0.2) is 48.7 Å². The van der Waals surface area contributed by atoms with Crippen molar-refractivity contribution in [1.82, 2.24) is 9.47 Å². The Kier molecular flexibility index (Phi) is 4.38. The molecule has 0 spiro atoms. The molecule has 1 saturated carbocycles. The molecule has 25 heavy (non-hydrogen) atoms. The van der Waals surface area contributed by atoms with E-state index in [1.54, 1.807) is 0 Å². The summed E-state index contributed by atoms with van der Waals surface area (Å²) in [6.45, 7) is 2.01. The van der Waals surface area contributed by atoms with E-state index in [0.29, 0.717) is 25.8 Å². The molecule has 1 aliphatic carbocycles. The van der Waals surface area contributed by atoms with Crippen LogP contribution in [-0.4, -0.2) is 34.6 Å². The monoisotopic (exact) mass is 338 g/mol. The lowest BCUT2D eigenvalue weighted by Crippen LogP contribution is -2.50. The van der Waals surface area contributed by atoms with Crippen LogP contribution >= 0.6 is 0 Å². The standard InChI is InChI=1S/C21H26N2O2/c1-22-13-5-8-19(22)16-23(18-9-10-18)20(24)21(11-14-25-15-12-21)17-6-3-2-4-7-17/h2-8,13,18H,9-12,14-16H2,1H3. The van der Waals surface area contributed by atoms with Gasteiger partial charge in [0.1, 0.15) is 0 Å². The van der Waals surface area contributed by atoms with Gasteiger partial charge in [-0.1, -0.05) is 30.3 Å². The molecule has 4 heteroatoms. The van der Waals surface area contributed by atoms with Crippen LogP contribution in [0.3, 0.4) is 0 Å². The third-order valence-corrected chi connectivity index (χ3v) is 5.71. The van der Waals surface area contributed by atoms with Gasteiger partial charge in [-0.15, -0.1) is 0 Å². The highest BCUT2D eigenvalue weighted by atomic mass is 16.5. The Morgan fingerprint density at radius 3 is 2.48 bits per heavy atom. The van der Waals surface area contributed by atoms with Gasteiger partial charge in [0.15, 0.2) is 0 Å². The molecular weight excluding hydrogens is 312 g/mol. The van der Waals surface area contributed by atoms with Gasteiger partial charge < -0.3 is 14.2 Å². The van der Waals surface area contributed by atoms with Gasteiger partial charge in [0.25, 0.3) is 0 Å². The summed E-state index contributed by atoms with van der Waals surface area (Å²) in [6, 6.07) is 14.9. The molecule has 4 rings (SSSR count). The Balaban J connectivity index is 1.67. The van der Waals surface area contributed by atoms with Crippen molar-refractivity contribution in [1.29, 1.82) is 0 Å². The van der Waals surface area contributed by atoms with Crippen LogP contribution in [-0.2, 0) is 28.5 Å². The fourth-order valence-electron chi connectivity index (χ4n) is 3.97. The smallest absolute Gasteiger partial charge is 0.234 e. The number of carbonyl (C=O) groups excluding carboxylic acids is 1. The zero-order valence-corrected chi connectivity index (χ0v) is 14.9. The average molecular weight is 338 g/mol. The zero-order valence-electron chi connectivity index (χ0n) is 14.9. The molecule has 1 aromatic carbocycles. The summed E-state index contributed by atoms with van der Waals surface area (Å²) in [5.74, 6) is 0.283. The minimum absolute atomic E-state index is 0.283. The van der Waals surface area contributed by atoms with Gasteiger partial charge in [0, 0.05) is 38.2 Å². The molecule has 0 radical (unpaired) electrons. The molecule has 1 saturated heterocycles. The number of benzene rings is 1. The average Bonchev–Trinajstić information content (AvgIpc) is 3.43. The molecule has 1 aromatic heterocycles. The van der Waals surface area contributed by atoms with E-state index in [0.717, 1.165) is 31.2 Å². The minimum atomic E-state index is -0.437. The first-order valence-corrected chi connectivity index (χ1v) is 9.25. The number of hydrogen-bond donors (Lipinski definition) is 0. The number of ether oxygens (including phenoxy) is 1. The lowest BCUT2D eigenvalue weighted by Gasteiger charge is -2.40. The summed E-state index contributed by atoms with van der Waals surface area (Å²) in [6.07, 6.45) is 5.83. The van der Waals surface area contributed by atoms with E-state index in [1.807, 2.05) is 37.5 Å². The largest absolute Gasteiger partial charge is 0.381 e. The highest BCUT2D eigenvalue weighted by Gasteiger charge is 2.47. The molecule has 1 aliphatic heterocycles. The molecule has 0 N–H and O–H groups in total. The van der Waals surface area contributed by atoms with E-state index in [-0.39, 0.29) is 5.91 Å². The molecule has 132 valence electrons. The summed E-state index contributed by atoms with van der Waals surface area (Å²) in [4.78, 5) is 15.9. The molecule has 1 amide bonds. The van der Waals surface area contributed by atoms with Crippen LogP contribution in [0.5, 0.6) is 0 Å². The van der Waals surface area contributed by atoms with Crippen LogP contribution in [0.4, 0.5) is 0 Å². The maximum Gasteiger partial charge on any atom is 0.234 e. The third-order valence-electron chi connectivity index (χ3n) is 5.71. The highest BCUT2D eigenvalue weighted by Crippen LogP contribution is 2.40. The number of rotatable bonds is 5. The summed E-state index contributed by atoms with van der Waals surface area (Å²) < 4.78 is 7.72. The van der Waals surface area contributed by atoms with Crippen molar-refractivity contribution >= 4 is 5.91 Å². The normalized spacial score (nSPS) is 19.6. The summed E-state index contributed by atoms with van der Waals surface area (Å²) in [5.41, 5.74) is 1.89. The number of hydrogen-bond acceptors (Lipinski definition) is 2. The van der Waals surface area contributed by atoms with E-state index in [2.05, 4.69) is 27.7 Å². The van der Waals surface area contributed by atoms with Crippen molar-refractivity contribution in [3.63, 3.8) is 0 Å². The fraction of sp³-hybridized carbons (Fsp3) is 0.476. The van der Waals surface area contributed by atoms with Gasteiger partial charge in [-0.2, -0.15) is 0 Å². The number of aryl methyl sites for hydroxylation is 1. The molecule has 0 atom stereocenters. The van der Waals surface area contributed by atoms with Crippen molar-refractivity contribution in [3.05, 3.63) is 59.9 Å². The van der Waals surface area contributed by atoms with Gasteiger partial charge in [0.05, 0.1) is 12.0 Å². The van der Waals surface area contributed by atoms with Crippen molar-refractivity contribution in [2.45, 2.75) is 43.7 Å². The number of amides is 1. The maximum absolute atomic E-state index is 13.8. The zero-order chi connectivity index (χ0) is 17.3. The molecule has 2 aliphatic rings. The first kappa shape index (κ1) is 16.4. The quantitative estimate of drug-likeness (QED) is 0.839. The molecule has 2 aromatic rings. The second-order valence-corrected chi connectivity index (χ2v) is 7.34. The highest BCUT2D eigenvalue weighted by molar-refractivity contribution is 5.89. The van der Waals surface area contributed by atoms with Crippen LogP contribution < -0.4 is 0 Å². The molecule has 2 heterocycles. The van der Waals surface area contributed by atoms with Crippen LogP contribution in [0.2, 0.25) is 0 Å². The van der Waals surface area contributed by atoms with E-state index in [4.69, 9.17) is 4.74 Å².